The molecule has 2 aromatic heterocycles. The monoisotopic (exact) mass is 425 g/mol. The smallest absolute Gasteiger partial charge is 0.254 e. The second-order valence-electron chi connectivity index (χ2n) is 8.83. The summed E-state index contributed by atoms with van der Waals surface area (Å²) in [6, 6.07) is 17.8. The number of pyridine rings is 1. The molecule has 0 spiro atoms. The minimum atomic E-state index is -0.519. The Morgan fingerprint density at radius 3 is 2.56 bits per heavy atom. The topological polar surface area (TPSA) is 95.3 Å². The molecule has 4 aromatic rings. The standard InChI is InChI=1S/C25H23N5O2/c1-29-12-17-10-16(29)13-30(17)25(32)15-7-8-18-21(9-15)28-23-19(24(26)31)11-20(27-22(18)23)14-5-3-2-4-6-14/h2-9,11,16-17,28H,10,12-13H2,1H3,(H2,26,31)/t16-,17-/m1/s1. The Balaban J connectivity index is 1.45. The fourth-order valence-electron chi connectivity index (χ4n) is 5.22. The number of carbonyl (C=O) groups is 2. The third-order valence-corrected chi connectivity index (χ3v) is 6.91. The highest BCUT2D eigenvalue weighted by Gasteiger charge is 2.43. The van der Waals surface area contributed by atoms with Gasteiger partial charge in [0.25, 0.3) is 11.8 Å². The number of nitrogens with two attached hydrogens (primary N) is 1. The molecule has 0 saturated carbocycles. The average molecular weight is 425 g/mol. The maximum atomic E-state index is 13.2. The lowest BCUT2D eigenvalue weighted by Crippen LogP contribution is -2.47. The normalized spacial score (nSPS) is 20.5. The molecule has 6 rings (SSSR count). The largest absolute Gasteiger partial charge is 0.366 e. The van der Waals surface area contributed by atoms with Crippen LogP contribution in [0.1, 0.15) is 27.1 Å². The number of likely N-dealkylation sites (tertiary alicyclic amines) is 2. The number of amides is 2. The summed E-state index contributed by atoms with van der Waals surface area (Å²) in [6.45, 7) is 1.71. The van der Waals surface area contributed by atoms with Gasteiger partial charge >= 0.3 is 0 Å². The number of H-pyrrole nitrogens is 1. The molecule has 7 heteroatoms. The fourth-order valence-corrected chi connectivity index (χ4v) is 5.22. The molecule has 2 aromatic carbocycles. The number of hydrogen-bond acceptors (Lipinski definition) is 4. The summed E-state index contributed by atoms with van der Waals surface area (Å²) in [7, 11) is 2.12. The first-order valence-electron chi connectivity index (χ1n) is 10.8. The number of carbonyl (C=O) groups excluding carboxylic acids is 2. The van der Waals surface area contributed by atoms with Crippen molar-refractivity contribution in [3.8, 4) is 11.3 Å². The van der Waals surface area contributed by atoms with Crippen LogP contribution in [0.2, 0.25) is 0 Å². The van der Waals surface area contributed by atoms with Crippen LogP contribution in [-0.2, 0) is 0 Å². The maximum absolute atomic E-state index is 13.2. The van der Waals surface area contributed by atoms with Gasteiger partial charge in [0.2, 0.25) is 0 Å². The molecule has 0 radical (unpaired) electrons. The van der Waals surface area contributed by atoms with E-state index in [1.165, 1.54) is 0 Å². The van der Waals surface area contributed by atoms with Crippen molar-refractivity contribution >= 4 is 33.8 Å². The van der Waals surface area contributed by atoms with Crippen LogP contribution < -0.4 is 5.73 Å². The molecule has 3 N–H and O–H groups in total. The van der Waals surface area contributed by atoms with Crippen LogP contribution >= 0.6 is 0 Å². The van der Waals surface area contributed by atoms with Crippen molar-refractivity contribution in [2.45, 2.75) is 18.5 Å². The molecule has 2 amide bonds. The number of nitrogens with one attached hydrogen (secondary N) is 1. The van der Waals surface area contributed by atoms with Gasteiger partial charge in [-0.3, -0.25) is 14.5 Å². The van der Waals surface area contributed by atoms with Gasteiger partial charge in [0, 0.05) is 47.2 Å². The number of primary amides is 1. The van der Waals surface area contributed by atoms with Crippen LogP contribution in [0.5, 0.6) is 0 Å². The van der Waals surface area contributed by atoms with Gasteiger partial charge in [0.1, 0.15) is 0 Å². The molecule has 2 fully saturated rings. The highest BCUT2D eigenvalue weighted by Crippen LogP contribution is 2.33. The predicted molar refractivity (Wildman–Crippen MR) is 123 cm³/mol. The third-order valence-electron chi connectivity index (χ3n) is 6.91. The van der Waals surface area contributed by atoms with Crippen LogP contribution in [0, 0.1) is 0 Å². The van der Waals surface area contributed by atoms with Crippen molar-refractivity contribution in [3.63, 3.8) is 0 Å². The van der Waals surface area contributed by atoms with E-state index < -0.39 is 5.91 Å². The van der Waals surface area contributed by atoms with Crippen molar-refractivity contribution in [1.29, 1.82) is 0 Å². The van der Waals surface area contributed by atoms with Crippen molar-refractivity contribution in [1.82, 2.24) is 19.8 Å². The van der Waals surface area contributed by atoms with Crippen molar-refractivity contribution < 1.29 is 9.59 Å². The first-order valence-corrected chi connectivity index (χ1v) is 10.8. The number of aromatic amines is 1. The molecule has 160 valence electrons. The van der Waals surface area contributed by atoms with Crippen LogP contribution in [0.4, 0.5) is 0 Å². The van der Waals surface area contributed by atoms with Gasteiger partial charge in [0.15, 0.2) is 0 Å². The van der Waals surface area contributed by atoms with Gasteiger partial charge in [0.05, 0.1) is 22.3 Å². The lowest BCUT2D eigenvalue weighted by molar-refractivity contribution is 0.0650. The number of aromatic nitrogens is 2. The van der Waals surface area contributed by atoms with Crippen LogP contribution in [-0.4, -0.2) is 63.8 Å². The number of likely N-dealkylation sites (N-methyl/N-ethyl adjacent to an activating group) is 1. The van der Waals surface area contributed by atoms with E-state index in [0.29, 0.717) is 33.9 Å². The van der Waals surface area contributed by atoms with E-state index in [9.17, 15) is 9.59 Å². The summed E-state index contributed by atoms with van der Waals surface area (Å²) in [5.41, 5.74) is 10.4. The predicted octanol–water partition coefficient (Wildman–Crippen LogP) is 3.01. The van der Waals surface area contributed by atoms with Crippen LogP contribution in [0.15, 0.2) is 54.6 Å². The van der Waals surface area contributed by atoms with E-state index in [-0.39, 0.29) is 11.9 Å². The summed E-state index contributed by atoms with van der Waals surface area (Å²) in [4.78, 5) is 37.9. The summed E-state index contributed by atoms with van der Waals surface area (Å²) in [5, 5.41) is 0.861. The van der Waals surface area contributed by atoms with Crippen molar-refractivity contribution in [3.05, 3.63) is 65.7 Å². The quantitative estimate of drug-likeness (QED) is 0.527. The molecular weight excluding hydrogens is 402 g/mol. The molecular formula is C25H23N5O2. The molecule has 0 aliphatic carbocycles. The summed E-state index contributed by atoms with van der Waals surface area (Å²) in [6.07, 6.45) is 1.05. The van der Waals surface area contributed by atoms with Crippen LogP contribution in [0.3, 0.4) is 0 Å². The van der Waals surface area contributed by atoms with E-state index in [4.69, 9.17) is 10.7 Å². The highest BCUT2D eigenvalue weighted by atomic mass is 16.2. The van der Waals surface area contributed by atoms with Gasteiger partial charge in [-0.05, 0) is 37.7 Å². The Bertz CT molecular complexity index is 1390. The van der Waals surface area contributed by atoms with E-state index in [1.807, 2.05) is 53.4 Å². The number of benzene rings is 2. The molecule has 2 aliphatic rings. The number of rotatable bonds is 3. The first kappa shape index (κ1) is 19.0. The first-order chi connectivity index (χ1) is 15.5. The Labute approximate surface area is 184 Å². The Morgan fingerprint density at radius 1 is 1.06 bits per heavy atom. The van der Waals surface area contributed by atoms with Gasteiger partial charge in [-0.15, -0.1) is 0 Å². The lowest BCUT2D eigenvalue weighted by Gasteiger charge is -2.32. The van der Waals surface area contributed by atoms with Crippen molar-refractivity contribution in [2.75, 3.05) is 20.1 Å². The lowest BCUT2D eigenvalue weighted by atomic mass is 10.1. The number of hydrogen-bond donors (Lipinski definition) is 2. The van der Waals surface area contributed by atoms with Crippen LogP contribution in [0.25, 0.3) is 33.2 Å². The molecule has 7 nitrogen and oxygen atoms in total. The zero-order chi connectivity index (χ0) is 22.0. The van der Waals surface area contributed by atoms with Gasteiger partial charge in [-0.25, -0.2) is 4.98 Å². The summed E-state index contributed by atoms with van der Waals surface area (Å²) >= 11 is 0. The maximum Gasteiger partial charge on any atom is 0.254 e. The van der Waals surface area contributed by atoms with Gasteiger partial charge < -0.3 is 15.6 Å². The number of fused-ring (bicyclic) bond motifs is 5. The van der Waals surface area contributed by atoms with Gasteiger partial charge in [-0.1, -0.05) is 30.3 Å². The Kier molecular flexibility index (Phi) is 4.10. The van der Waals surface area contributed by atoms with E-state index in [0.717, 1.165) is 36.0 Å². The minimum Gasteiger partial charge on any atom is -0.366 e. The van der Waals surface area contributed by atoms with E-state index in [2.05, 4.69) is 16.9 Å². The fraction of sp³-hybridized carbons (Fsp3) is 0.240. The highest BCUT2D eigenvalue weighted by molar-refractivity contribution is 6.14. The average Bonchev–Trinajstić information content (AvgIpc) is 3.49. The SMILES string of the molecule is CN1C[C@H]2C[C@@H]1CN2C(=O)c1ccc2c(c1)[nH]c1c(C(N)=O)cc(-c3ccccc3)nc12. The Morgan fingerprint density at radius 2 is 1.88 bits per heavy atom. The summed E-state index contributed by atoms with van der Waals surface area (Å²) < 4.78 is 0. The number of nitrogens with zero attached hydrogens (tertiary/aromatic N) is 3. The molecule has 2 saturated heterocycles. The zero-order valence-corrected chi connectivity index (χ0v) is 17.7. The Hall–Kier alpha value is -3.71. The molecule has 2 bridgehead atoms. The van der Waals surface area contributed by atoms with Crippen molar-refractivity contribution in [2.24, 2.45) is 5.73 Å². The zero-order valence-electron chi connectivity index (χ0n) is 17.7. The summed E-state index contributed by atoms with van der Waals surface area (Å²) in [5.74, 6) is -0.464. The molecule has 2 aliphatic heterocycles. The minimum absolute atomic E-state index is 0.0548. The van der Waals surface area contributed by atoms with E-state index in [1.54, 1.807) is 6.07 Å². The third kappa shape index (κ3) is 2.81. The molecule has 4 heterocycles. The van der Waals surface area contributed by atoms with E-state index >= 15 is 0 Å². The second-order valence-corrected chi connectivity index (χ2v) is 8.83. The molecule has 2 atom stereocenters. The second kappa shape index (κ2) is 6.90. The molecule has 0 unspecified atom stereocenters. The van der Waals surface area contributed by atoms with Gasteiger partial charge in [-0.2, -0.15) is 0 Å². The number of piperazine rings is 1. The molecule has 32 heavy (non-hydrogen) atoms.